The highest BCUT2D eigenvalue weighted by molar-refractivity contribution is 7.18. The van der Waals surface area contributed by atoms with Gasteiger partial charge in [0.2, 0.25) is 11.0 Å². The van der Waals surface area contributed by atoms with E-state index >= 15 is 0 Å². The third-order valence-corrected chi connectivity index (χ3v) is 5.00. The van der Waals surface area contributed by atoms with E-state index in [-0.39, 0.29) is 5.91 Å². The number of carbonyl (C=O) groups is 1. The molecule has 7 heteroatoms. The summed E-state index contributed by atoms with van der Waals surface area (Å²) < 4.78 is 10.3. The zero-order chi connectivity index (χ0) is 19.1. The van der Waals surface area contributed by atoms with Crippen LogP contribution in [0.2, 0.25) is 0 Å². The van der Waals surface area contributed by atoms with Crippen LogP contribution in [0.25, 0.3) is 10.6 Å². The van der Waals surface area contributed by atoms with E-state index < -0.39 is 0 Å². The van der Waals surface area contributed by atoms with E-state index in [0.29, 0.717) is 24.7 Å². The van der Waals surface area contributed by atoms with Gasteiger partial charge in [-0.05, 0) is 29.8 Å². The molecule has 0 aliphatic rings. The van der Waals surface area contributed by atoms with E-state index in [0.717, 1.165) is 21.9 Å². The first-order valence-corrected chi connectivity index (χ1v) is 9.34. The van der Waals surface area contributed by atoms with Crippen molar-refractivity contribution in [2.24, 2.45) is 0 Å². The van der Waals surface area contributed by atoms with Crippen LogP contribution in [0.15, 0.2) is 54.6 Å². The van der Waals surface area contributed by atoms with Crippen molar-refractivity contribution in [3.8, 4) is 16.3 Å². The minimum absolute atomic E-state index is 0.0318. The molecule has 0 unspecified atom stereocenters. The van der Waals surface area contributed by atoms with E-state index in [4.69, 9.17) is 9.47 Å². The lowest BCUT2D eigenvalue weighted by molar-refractivity contribution is -0.118. The van der Waals surface area contributed by atoms with Crippen molar-refractivity contribution >= 4 is 22.4 Å². The second kappa shape index (κ2) is 9.25. The molecule has 0 aliphatic carbocycles. The molecule has 27 heavy (non-hydrogen) atoms. The second-order valence-corrected chi connectivity index (χ2v) is 6.77. The largest absolute Gasteiger partial charge is 0.497 e. The van der Waals surface area contributed by atoms with Crippen LogP contribution in [0.1, 0.15) is 5.56 Å². The number of ether oxygens (including phenoxy) is 2. The summed E-state index contributed by atoms with van der Waals surface area (Å²) in [5, 5.41) is 9.81. The molecule has 6 nitrogen and oxygen atoms in total. The normalized spacial score (nSPS) is 10.6. The van der Waals surface area contributed by atoms with Gasteiger partial charge in [0, 0.05) is 12.7 Å². The average molecular weight is 383 g/mol. The average Bonchev–Trinajstić information content (AvgIpc) is 3.19. The zero-order valence-electron chi connectivity index (χ0n) is 15.3. The molecule has 0 spiro atoms. The van der Waals surface area contributed by atoms with Crippen molar-refractivity contribution in [1.82, 2.24) is 10.2 Å². The molecule has 0 aliphatic heterocycles. The number of nitrogens with zero attached hydrogens (tertiary/aromatic N) is 3. The molecule has 1 amide bonds. The number of carbonyl (C=O) groups excluding carboxylic acids is 1. The van der Waals surface area contributed by atoms with Crippen molar-refractivity contribution in [1.29, 1.82) is 0 Å². The van der Waals surface area contributed by atoms with E-state index in [1.54, 1.807) is 19.1 Å². The molecule has 1 aromatic heterocycles. The smallest absolute Gasteiger partial charge is 0.233 e. The predicted molar refractivity (Wildman–Crippen MR) is 106 cm³/mol. The Balaban J connectivity index is 1.80. The van der Waals surface area contributed by atoms with Gasteiger partial charge in [0.25, 0.3) is 0 Å². The maximum Gasteiger partial charge on any atom is 0.233 e. The van der Waals surface area contributed by atoms with E-state index in [2.05, 4.69) is 10.2 Å². The fraction of sp³-hybridized carbons (Fsp3) is 0.250. The van der Waals surface area contributed by atoms with Crippen LogP contribution >= 0.6 is 11.3 Å². The summed E-state index contributed by atoms with van der Waals surface area (Å²) in [6.45, 7) is 0.859. The number of aromatic nitrogens is 2. The van der Waals surface area contributed by atoms with Gasteiger partial charge in [-0.15, -0.1) is 10.2 Å². The Morgan fingerprint density at radius 1 is 1.04 bits per heavy atom. The van der Waals surface area contributed by atoms with Crippen LogP contribution in [-0.2, 0) is 16.0 Å². The Morgan fingerprint density at radius 3 is 2.44 bits per heavy atom. The van der Waals surface area contributed by atoms with Crippen molar-refractivity contribution < 1.29 is 14.3 Å². The van der Waals surface area contributed by atoms with Crippen molar-refractivity contribution in [2.45, 2.75) is 6.42 Å². The number of rotatable bonds is 8. The molecule has 0 atom stereocenters. The first-order valence-electron chi connectivity index (χ1n) is 8.52. The molecule has 140 valence electrons. The fourth-order valence-corrected chi connectivity index (χ4v) is 3.44. The summed E-state index contributed by atoms with van der Waals surface area (Å²) in [6, 6.07) is 17.3. The van der Waals surface area contributed by atoms with Crippen LogP contribution in [0.3, 0.4) is 0 Å². The highest BCUT2D eigenvalue weighted by Gasteiger charge is 2.20. The number of benzene rings is 2. The summed E-state index contributed by atoms with van der Waals surface area (Å²) in [5.41, 5.74) is 1.89. The Labute approximate surface area is 162 Å². The number of amides is 1. The lowest BCUT2D eigenvalue weighted by atomic mass is 10.1. The molecule has 0 bridgehead atoms. The van der Waals surface area contributed by atoms with E-state index in [9.17, 15) is 4.79 Å². The molecule has 3 aromatic rings. The fourth-order valence-electron chi connectivity index (χ4n) is 2.55. The summed E-state index contributed by atoms with van der Waals surface area (Å²) >= 11 is 1.38. The van der Waals surface area contributed by atoms with Crippen molar-refractivity contribution in [3.63, 3.8) is 0 Å². The summed E-state index contributed by atoms with van der Waals surface area (Å²) in [7, 11) is 3.24. The third kappa shape index (κ3) is 4.90. The molecule has 2 aromatic carbocycles. The minimum Gasteiger partial charge on any atom is -0.497 e. The van der Waals surface area contributed by atoms with Crippen molar-refractivity contribution in [2.75, 3.05) is 32.3 Å². The summed E-state index contributed by atoms with van der Waals surface area (Å²) in [5.74, 6) is 0.749. The SMILES string of the molecule is COCCN(C(=O)Cc1ccccc1)c1nnc(-c2ccc(OC)cc2)s1. The molecule has 0 radical (unpaired) electrons. The number of anilines is 1. The molecule has 0 fully saturated rings. The lowest BCUT2D eigenvalue weighted by Gasteiger charge is -2.19. The number of methoxy groups -OCH3 is 2. The van der Waals surface area contributed by atoms with E-state index in [1.807, 2.05) is 54.6 Å². The van der Waals surface area contributed by atoms with Gasteiger partial charge in [-0.2, -0.15) is 0 Å². The first kappa shape index (κ1) is 19.0. The second-order valence-electron chi connectivity index (χ2n) is 5.82. The molecule has 0 N–H and O–H groups in total. The van der Waals surface area contributed by atoms with Gasteiger partial charge in [-0.1, -0.05) is 41.7 Å². The Hall–Kier alpha value is -2.77. The Bertz CT molecular complexity index is 866. The maximum atomic E-state index is 12.8. The van der Waals surface area contributed by atoms with Gasteiger partial charge in [-0.25, -0.2) is 0 Å². The van der Waals surface area contributed by atoms with Gasteiger partial charge in [0.1, 0.15) is 10.8 Å². The predicted octanol–water partition coefficient (Wildman–Crippen LogP) is 3.44. The van der Waals surface area contributed by atoms with E-state index in [1.165, 1.54) is 11.3 Å². The van der Waals surface area contributed by atoms with Crippen LogP contribution in [0.5, 0.6) is 5.75 Å². The summed E-state index contributed by atoms with van der Waals surface area (Å²) in [4.78, 5) is 14.5. The monoisotopic (exact) mass is 383 g/mol. The zero-order valence-corrected chi connectivity index (χ0v) is 16.1. The molecular weight excluding hydrogens is 362 g/mol. The number of hydrogen-bond donors (Lipinski definition) is 0. The highest BCUT2D eigenvalue weighted by atomic mass is 32.1. The lowest BCUT2D eigenvalue weighted by Crippen LogP contribution is -2.35. The molecular formula is C20H21N3O3S. The standard InChI is InChI=1S/C20H21N3O3S/c1-25-13-12-23(18(24)14-15-6-4-3-5-7-15)20-22-21-19(27-20)16-8-10-17(26-2)11-9-16/h3-11H,12-14H2,1-2H3. The van der Waals surface area contributed by atoms with Crippen LogP contribution < -0.4 is 9.64 Å². The first-order chi connectivity index (χ1) is 13.2. The molecule has 0 saturated carbocycles. The van der Waals surface area contributed by atoms with Crippen LogP contribution in [0, 0.1) is 0 Å². The summed E-state index contributed by atoms with van der Waals surface area (Å²) in [6.07, 6.45) is 0.308. The van der Waals surface area contributed by atoms with Crippen LogP contribution in [0.4, 0.5) is 5.13 Å². The topological polar surface area (TPSA) is 64.5 Å². The van der Waals surface area contributed by atoms with Gasteiger partial charge in [0.15, 0.2) is 0 Å². The Morgan fingerprint density at radius 2 is 1.78 bits per heavy atom. The third-order valence-electron chi connectivity index (χ3n) is 4.00. The van der Waals surface area contributed by atoms with Crippen molar-refractivity contribution in [3.05, 3.63) is 60.2 Å². The highest BCUT2D eigenvalue weighted by Crippen LogP contribution is 2.30. The Kier molecular flexibility index (Phi) is 6.51. The maximum absolute atomic E-state index is 12.8. The quantitative estimate of drug-likeness (QED) is 0.596. The van der Waals surface area contributed by atoms with Gasteiger partial charge < -0.3 is 9.47 Å². The minimum atomic E-state index is -0.0318. The number of hydrogen-bond acceptors (Lipinski definition) is 6. The van der Waals surface area contributed by atoms with Gasteiger partial charge in [0.05, 0.1) is 26.7 Å². The van der Waals surface area contributed by atoms with Gasteiger partial charge in [-0.3, -0.25) is 9.69 Å². The molecule has 3 rings (SSSR count). The molecule has 1 heterocycles. The molecule has 0 saturated heterocycles. The van der Waals surface area contributed by atoms with Crippen LogP contribution in [-0.4, -0.2) is 43.5 Å². The van der Waals surface area contributed by atoms with Gasteiger partial charge >= 0.3 is 0 Å².